The maximum absolute atomic E-state index is 13.3. The second-order valence-corrected chi connectivity index (χ2v) is 10.7. The van der Waals surface area contributed by atoms with Crippen molar-refractivity contribution >= 4 is 12.4 Å². The fourth-order valence-electron chi connectivity index (χ4n) is 4.64. The Morgan fingerprint density at radius 3 is 1.95 bits per heavy atom. The van der Waals surface area contributed by atoms with Gasteiger partial charge in [-0.25, -0.2) is 4.79 Å². The van der Waals surface area contributed by atoms with Gasteiger partial charge in [-0.3, -0.25) is 0 Å². The summed E-state index contributed by atoms with van der Waals surface area (Å²) in [5, 5.41) is 2.59. The van der Waals surface area contributed by atoms with Gasteiger partial charge in [-0.1, -0.05) is 30.3 Å². The zero-order chi connectivity index (χ0) is 28.6. The van der Waals surface area contributed by atoms with Gasteiger partial charge in [0, 0.05) is 5.41 Å². The van der Waals surface area contributed by atoms with Crippen LogP contribution in [0.15, 0.2) is 48.5 Å². The standard InChI is InChI=1S/C27H29F6NO4/c1-17(18-10-20(26(28,29)30)12-21(11-18)27(31,32)33)37-16-24(19-8-6-5-7-9-19)13-25(14-24,15-35)34-22(36)38-23(2,3)4/h5-12,15,17H,13-14,16H2,1-4H3,(H,34,36)/t17-,24?,25?/m1/s1. The van der Waals surface area contributed by atoms with E-state index in [1.165, 1.54) is 6.92 Å². The fourth-order valence-corrected chi connectivity index (χ4v) is 4.64. The molecule has 1 atom stereocenters. The molecule has 0 aliphatic heterocycles. The monoisotopic (exact) mass is 545 g/mol. The summed E-state index contributed by atoms with van der Waals surface area (Å²) in [5.41, 5.74) is -5.31. The Morgan fingerprint density at radius 2 is 1.50 bits per heavy atom. The average Bonchev–Trinajstić information content (AvgIpc) is 2.78. The Kier molecular flexibility index (Phi) is 7.94. The number of rotatable bonds is 7. The quantitative estimate of drug-likeness (QED) is 0.301. The molecule has 0 unspecified atom stereocenters. The van der Waals surface area contributed by atoms with Crippen molar-refractivity contribution in [3.63, 3.8) is 0 Å². The lowest BCUT2D eigenvalue weighted by Crippen LogP contribution is -2.66. The molecule has 0 aromatic heterocycles. The summed E-state index contributed by atoms with van der Waals surface area (Å²) in [6.07, 6.45) is -11.1. The Morgan fingerprint density at radius 1 is 0.974 bits per heavy atom. The van der Waals surface area contributed by atoms with Gasteiger partial charge in [-0.2, -0.15) is 26.3 Å². The molecule has 38 heavy (non-hydrogen) atoms. The van der Waals surface area contributed by atoms with Gasteiger partial charge in [0.15, 0.2) is 0 Å². The summed E-state index contributed by atoms with van der Waals surface area (Å²) < 4.78 is 90.9. The van der Waals surface area contributed by atoms with Crippen LogP contribution in [0.3, 0.4) is 0 Å². The van der Waals surface area contributed by atoms with Crippen molar-refractivity contribution in [2.75, 3.05) is 6.61 Å². The summed E-state index contributed by atoms with van der Waals surface area (Å²) in [6.45, 7) is 6.24. The molecule has 208 valence electrons. The number of carbonyl (C=O) groups excluding carboxylic acids is 2. The maximum atomic E-state index is 13.3. The first kappa shape index (κ1) is 29.5. The van der Waals surface area contributed by atoms with E-state index in [1.54, 1.807) is 51.1 Å². The number of nitrogens with one attached hydrogen (secondary N) is 1. The number of hydrogen-bond donors (Lipinski definition) is 1. The van der Waals surface area contributed by atoms with E-state index in [-0.39, 0.29) is 31.1 Å². The molecule has 1 aliphatic rings. The third kappa shape index (κ3) is 6.86. The van der Waals surface area contributed by atoms with E-state index in [9.17, 15) is 35.9 Å². The minimum atomic E-state index is -4.98. The zero-order valence-corrected chi connectivity index (χ0v) is 21.3. The molecule has 1 N–H and O–H groups in total. The van der Waals surface area contributed by atoms with Crippen molar-refractivity contribution < 1.29 is 45.4 Å². The highest BCUT2D eigenvalue weighted by Gasteiger charge is 2.57. The molecular weight excluding hydrogens is 516 g/mol. The summed E-state index contributed by atoms with van der Waals surface area (Å²) in [5.74, 6) is 0. The molecule has 1 saturated carbocycles. The molecule has 0 heterocycles. The number of alkyl carbamates (subject to hydrolysis) is 1. The largest absolute Gasteiger partial charge is 0.444 e. The van der Waals surface area contributed by atoms with Crippen molar-refractivity contribution in [2.45, 2.75) is 75.5 Å². The number of hydrogen-bond acceptors (Lipinski definition) is 4. The smallest absolute Gasteiger partial charge is 0.416 e. The van der Waals surface area contributed by atoms with Crippen LogP contribution in [-0.2, 0) is 32.0 Å². The summed E-state index contributed by atoms with van der Waals surface area (Å²) in [4.78, 5) is 24.4. The van der Waals surface area contributed by atoms with E-state index < -0.39 is 52.2 Å². The molecule has 3 rings (SSSR count). The topological polar surface area (TPSA) is 64.6 Å². The van der Waals surface area contributed by atoms with Gasteiger partial charge < -0.3 is 19.6 Å². The second kappa shape index (κ2) is 10.2. The third-order valence-corrected chi connectivity index (χ3v) is 6.36. The summed E-state index contributed by atoms with van der Waals surface area (Å²) in [6, 6.07) is 10.2. The number of halogens is 6. The first-order chi connectivity index (χ1) is 17.4. The third-order valence-electron chi connectivity index (χ3n) is 6.36. The van der Waals surface area contributed by atoms with Crippen molar-refractivity contribution in [1.82, 2.24) is 5.32 Å². The van der Waals surface area contributed by atoms with Gasteiger partial charge in [0.2, 0.25) is 0 Å². The number of amides is 1. The Hall–Kier alpha value is -3.08. The lowest BCUT2D eigenvalue weighted by atomic mass is 9.55. The number of benzene rings is 2. The SMILES string of the molecule is C[C@@H](OCC1(c2ccccc2)CC(C=O)(NC(=O)OC(C)(C)C)C1)c1cc(C(F)(F)F)cc(C(F)(F)F)c1. The molecule has 0 saturated heterocycles. The van der Waals surface area contributed by atoms with Crippen LogP contribution < -0.4 is 5.32 Å². The molecule has 0 bridgehead atoms. The summed E-state index contributed by atoms with van der Waals surface area (Å²) >= 11 is 0. The average molecular weight is 546 g/mol. The van der Waals surface area contributed by atoms with Gasteiger partial charge in [-0.15, -0.1) is 0 Å². The highest BCUT2D eigenvalue weighted by atomic mass is 19.4. The van der Waals surface area contributed by atoms with Crippen LogP contribution in [0.4, 0.5) is 31.1 Å². The number of ether oxygens (including phenoxy) is 2. The number of carbonyl (C=O) groups is 2. The summed E-state index contributed by atoms with van der Waals surface area (Å²) in [7, 11) is 0. The minimum Gasteiger partial charge on any atom is -0.444 e. The molecule has 11 heteroatoms. The van der Waals surface area contributed by atoms with E-state index >= 15 is 0 Å². The molecule has 5 nitrogen and oxygen atoms in total. The van der Waals surface area contributed by atoms with E-state index in [0.29, 0.717) is 18.4 Å². The van der Waals surface area contributed by atoms with Gasteiger partial charge in [0.05, 0.1) is 23.8 Å². The molecule has 2 aromatic carbocycles. The van der Waals surface area contributed by atoms with Gasteiger partial charge in [-0.05, 0) is 69.9 Å². The van der Waals surface area contributed by atoms with E-state index in [1.807, 2.05) is 0 Å². The maximum Gasteiger partial charge on any atom is 0.416 e. The predicted molar refractivity (Wildman–Crippen MR) is 126 cm³/mol. The van der Waals surface area contributed by atoms with Crippen molar-refractivity contribution in [1.29, 1.82) is 0 Å². The molecular formula is C27H29F6NO4. The molecule has 1 amide bonds. The van der Waals surface area contributed by atoms with Gasteiger partial charge >= 0.3 is 18.4 Å². The first-order valence-corrected chi connectivity index (χ1v) is 11.8. The Balaban J connectivity index is 1.86. The highest BCUT2D eigenvalue weighted by Crippen LogP contribution is 2.50. The van der Waals surface area contributed by atoms with Crippen molar-refractivity contribution in [3.05, 3.63) is 70.8 Å². The minimum absolute atomic E-state index is 0.0639. The Labute approximate surface area is 216 Å². The fraction of sp³-hybridized carbons (Fsp3) is 0.481. The highest BCUT2D eigenvalue weighted by molar-refractivity contribution is 5.78. The van der Waals surface area contributed by atoms with E-state index in [0.717, 1.165) is 5.56 Å². The van der Waals surface area contributed by atoms with Crippen LogP contribution >= 0.6 is 0 Å². The lowest BCUT2D eigenvalue weighted by Gasteiger charge is -2.54. The molecule has 0 spiro atoms. The van der Waals surface area contributed by atoms with Crippen LogP contribution in [0.5, 0.6) is 0 Å². The number of alkyl halides is 6. The van der Waals surface area contributed by atoms with Crippen LogP contribution in [0.2, 0.25) is 0 Å². The van der Waals surface area contributed by atoms with Crippen LogP contribution in [0.25, 0.3) is 0 Å². The predicted octanol–water partition coefficient (Wildman–Crippen LogP) is 7.00. The zero-order valence-electron chi connectivity index (χ0n) is 21.3. The number of aldehydes is 1. The first-order valence-electron chi connectivity index (χ1n) is 11.8. The second-order valence-electron chi connectivity index (χ2n) is 10.7. The Bertz CT molecular complexity index is 1120. The molecule has 0 radical (unpaired) electrons. The lowest BCUT2D eigenvalue weighted by molar-refractivity contribution is -0.143. The van der Waals surface area contributed by atoms with Crippen LogP contribution in [0, 0.1) is 0 Å². The van der Waals surface area contributed by atoms with Gasteiger partial charge in [0.1, 0.15) is 17.4 Å². The molecule has 2 aromatic rings. The normalized spacial score (nSPS) is 22.8. The molecule has 1 fully saturated rings. The van der Waals surface area contributed by atoms with Crippen LogP contribution in [0.1, 0.15) is 68.9 Å². The van der Waals surface area contributed by atoms with Gasteiger partial charge in [0.25, 0.3) is 0 Å². The van der Waals surface area contributed by atoms with E-state index in [2.05, 4.69) is 5.32 Å². The molecule has 1 aliphatic carbocycles. The van der Waals surface area contributed by atoms with E-state index in [4.69, 9.17) is 9.47 Å². The van der Waals surface area contributed by atoms with Crippen LogP contribution in [-0.4, -0.2) is 30.1 Å². The van der Waals surface area contributed by atoms with Crippen molar-refractivity contribution in [2.24, 2.45) is 0 Å². The van der Waals surface area contributed by atoms with Crippen molar-refractivity contribution in [3.8, 4) is 0 Å².